The molecule has 0 radical (unpaired) electrons. The molecule has 7 amide bonds. The number of aliphatic carboxylic acids is 1. The van der Waals surface area contributed by atoms with Crippen LogP contribution in [0, 0.1) is 23.7 Å². The summed E-state index contributed by atoms with van der Waals surface area (Å²) in [5.41, 5.74) is 0.762. The molecule has 1 aromatic rings. The predicted molar refractivity (Wildman–Crippen MR) is 248 cm³/mol. The number of ether oxygens (including phenoxy) is 2. The first-order valence-corrected chi connectivity index (χ1v) is 23.5. The molecule has 17 nitrogen and oxygen atoms in total. The van der Waals surface area contributed by atoms with E-state index in [-0.39, 0.29) is 73.1 Å². The lowest BCUT2D eigenvalue weighted by Gasteiger charge is -2.41. The molecule has 2 heterocycles. The number of carbonyl (C=O) groups is 8. The number of nitrogens with zero attached hydrogens (tertiary/aromatic N) is 4. The third-order valence-electron chi connectivity index (χ3n) is 13.3. The van der Waals surface area contributed by atoms with E-state index in [1.807, 2.05) is 47.6 Å². The van der Waals surface area contributed by atoms with Crippen molar-refractivity contribution in [2.45, 2.75) is 149 Å². The molecule has 1 saturated heterocycles. The van der Waals surface area contributed by atoms with Gasteiger partial charge in [0.05, 0.1) is 36.6 Å². The van der Waals surface area contributed by atoms with Crippen molar-refractivity contribution in [3.8, 4) is 0 Å². The SMILES string of the molecule is CC[C@H](C)[C@@H]([C@@H](CC(=O)N1CCC[C@H]1C(OC)C(C)C(=O)NC(Cc1ccccc1)C(=O)O)OC)N(C)C(=O)C(NC(=O)C(C(C)C)N(C)C(=O)CCCCCN1C(=O)C=CC1=O)C(C)C. The molecule has 2 aliphatic heterocycles. The zero-order valence-electron chi connectivity index (χ0n) is 41.0. The Hall–Kier alpha value is -5.16. The van der Waals surface area contributed by atoms with Crippen molar-refractivity contribution in [3.63, 3.8) is 0 Å². The number of hydrogen-bond donors (Lipinski definition) is 3. The molecular formula is C49H76N6O11. The van der Waals surface area contributed by atoms with Crippen LogP contribution in [0.3, 0.4) is 0 Å². The highest BCUT2D eigenvalue weighted by molar-refractivity contribution is 6.12. The molecule has 0 aromatic heterocycles. The smallest absolute Gasteiger partial charge is 0.326 e. The zero-order valence-corrected chi connectivity index (χ0v) is 41.0. The van der Waals surface area contributed by atoms with Crippen LogP contribution in [0.25, 0.3) is 0 Å². The Bertz CT molecular complexity index is 1840. The Morgan fingerprint density at radius 2 is 1.47 bits per heavy atom. The number of likely N-dealkylation sites (tertiary alicyclic amines) is 1. The summed E-state index contributed by atoms with van der Waals surface area (Å²) in [4.78, 5) is 112. The second-order valence-electron chi connectivity index (χ2n) is 18.6. The molecular weight excluding hydrogens is 849 g/mol. The Balaban J connectivity index is 1.71. The maximum Gasteiger partial charge on any atom is 0.326 e. The van der Waals surface area contributed by atoms with E-state index in [0.717, 1.165) is 5.56 Å². The van der Waals surface area contributed by atoms with Crippen molar-refractivity contribution in [2.24, 2.45) is 23.7 Å². The topological polar surface area (TPSA) is 212 Å². The molecule has 2 aliphatic rings. The number of carboxylic acids is 1. The summed E-state index contributed by atoms with van der Waals surface area (Å²) in [7, 11) is 6.21. The van der Waals surface area contributed by atoms with Crippen LogP contribution in [0.5, 0.6) is 0 Å². The van der Waals surface area contributed by atoms with Crippen molar-refractivity contribution >= 4 is 47.3 Å². The van der Waals surface area contributed by atoms with E-state index < -0.39 is 66.1 Å². The summed E-state index contributed by atoms with van der Waals surface area (Å²) in [5, 5.41) is 15.6. The average Bonchev–Trinajstić information content (AvgIpc) is 3.89. The van der Waals surface area contributed by atoms with Crippen molar-refractivity contribution < 1.29 is 52.9 Å². The summed E-state index contributed by atoms with van der Waals surface area (Å²) in [6.07, 6.45) is 4.72. The maximum atomic E-state index is 14.6. The minimum absolute atomic E-state index is 0.0818. The molecule has 0 bridgehead atoms. The van der Waals surface area contributed by atoms with E-state index in [2.05, 4.69) is 10.6 Å². The predicted octanol–water partition coefficient (Wildman–Crippen LogP) is 3.83. The van der Waals surface area contributed by atoms with Crippen LogP contribution in [-0.2, 0) is 54.3 Å². The van der Waals surface area contributed by atoms with Crippen LogP contribution in [0.15, 0.2) is 42.5 Å². The van der Waals surface area contributed by atoms with E-state index in [0.29, 0.717) is 45.1 Å². The lowest BCUT2D eigenvalue weighted by Crippen LogP contribution is -2.60. The van der Waals surface area contributed by atoms with Gasteiger partial charge in [0, 0.05) is 66.4 Å². The number of carboxylic acid groups (broad SMARTS) is 1. The van der Waals surface area contributed by atoms with Gasteiger partial charge in [0.2, 0.25) is 29.5 Å². The highest BCUT2D eigenvalue weighted by Gasteiger charge is 2.44. The van der Waals surface area contributed by atoms with Gasteiger partial charge in [-0.3, -0.25) is 38.5 Å². The van der Waals surface area contributed by atoms with Crippen LogP contribution in [0.4, 0.5) is 0 Å². The average molecular weight is 925 g/mol. The molecule has 368 valence electrons. The van der Waals surface area contributed by atoms with Crippen LogP contribution >= 0.6 is 0 Å². The molecule has 3 rings (SSSR count). The van der Waals surface area contributed by atoms with E-state index >= 15 is 0 Å². The summed E-state index contributed by atoms with van der Waals surface area (Å²) >= 11 is 0. The second kappa shape index (κ2) is 26.2. The van der Waals surface area contributed by atoms with Crippen LogP contribution in [0.2, 0.25) is 0 Å². The summed E-state index contributed by atoms with van der Waals surface area (Å²) in [6, 6.07) is 4.97. The fourth-order valence-electron chi connectivity index (χ4n) is 9.26. The molecule has 17 heteroatoms. The van der Waals surface area contributed by atoms with E-state index in [9.17, 15) is 43.5 Å². The normalized spacial score (nSPS) is 18.7. The quantitative estimate of drug-likeness (QED) is 0.0853. The van der Waals surface area contributed by atoms with Crippen molar-refractivity contribution in [1.82, 2.24) is 30.2 Å². The number of amides is 7. The first kappa shape index (κ1) is 55.2. The lowest BCUT2D eigenvalue weighted by molar-refractivity contribution is -0.149. The number of methoxy groups -OCH3 is 2. The third kappa shape index (κ3) is 14.7. The molecule has 0 saturated carbocycles. The number of nitrogens with one attached hydrogen (secondary N) is 2. The molecule has 1 fully saturated rings. The van der Waals surface area contributed by atoms with Gasteiger partial charge >= 0.3 is 5.97 Å². The van der Waals surface area contributed by atoms with E-state index in [1.54, 1.807) is 55.1 Å². The molecule has 5 unspecified atom stereocenters. The van der Waals surface area contributed by atoms with Crippen molar-refractivity contribution in [3.05, 3.63) is 48.0 Å². The molecule has 3 N–H and O–H groups in total. The number of likely N-dealkylation sites (N-methyl/N-ethyl adjacent to an activating group) is 2. The van der Waals surface area contributed by atoms with Gasteiger partial charge in [0.1, 0.15) is 18.1 Å². The first-order valence-electron chi connectivity index (χ1n) is 23.5. The Morgan fingerprint density at radius 3 is 2.02 bits per heavy atom. The molecule has 9 atom stereocenters. The minimum Gasteiger partial charge on any atom is -0.480 e. The largest absolute Gasteiger partial charge is 0.480 e. The first-order chi connectivity index (χ1) is 31.2. The molecule has 0 spiro atoms. The monoisotopic (exact) mass is 925 g/mol. The fourth-order valence-corrected chi connectivity index (χ4v) is 9.26. The van der Waals surface area contributed by atoms with Gasteiger partial charge in [-0.25, -0.2) is 4.79 Å². The van der Waals surface area contributed by atoms with E-state index in [4.69, 9.17) is 9.47 Å². The van der Waals surface area contributed by atoms with Gasteiger partial charge in [0.25, 0.3) is 11.8 Å². The lowest BCUT2D eigenvalue weighted by atomic mass is 9.89. The number of imide groups is 1. The van der Waals surface area contributed by atoms with Crippen molar-refractivity contribution in [1.29, 1.82) is 0 Å². The van der Waals surface area contributed by atoms with Crippen LogP contribution in [0.1, 0.15) is 105 Å². The Morgan fingerprint density at radius 1 is 0.833 bits per heavy atom. The Kier molecular flexibility index (Phi) is 21.9. The van der Waals surface area contributed by atoms with Gasteiger partial charge in [-0.2, -0.15) is 0 Å². The van der Waals surface area contributed by atoms with Gasteiger partial charge in [-0.1, -0.05) is 91.6 Å². The van der Waals surface area contributed by atoms with Gasteiger partial charge in [-0.05, 0) is 49.0 Å². The van der Waals surface area contributed by atoms with Crippen LogP contribution < -0.4 is 10.6 Å². The molecule has 0 aliphatic carbocycles. The summed E-state index contributed by atoms with van der Waals surface area (Å²) < 4.78 is 11.9. The number of hydrogen-bond acceptors (Lipinski definition) is 10. The van der Waals surface area contributed by atoms with Crippen molar-refractivity contribution in [2.75, 3.05) is 41.4 Å². The molecule has 66 heavy (non-hydrogen) atoms. The van der Waals surface area contributed by atoms with Gasteiger partial charge < -0.3 is 39.9 Å². The van der Waals surface area contributed by atoms with E-state index in [1.165, 1.54) is 36.2 Å². The number of carbonyl (C=O) groups excluding carboxylic acids is 7. The fraction of sp³-hybridized carbons (Fsp3) is 0.673. The van der Waals surface area contributed by atoms with Gasteiger partial charge in [0.15, 0.2) is 0 Å². The molecule has 1 aromatic carbocycles. The summed E-state index contributed by atoms with van der Waals surface area (Å²) in [6.45, 7) is 13.6. The standard InChI is InChI=1S/C49H76N6O11/c1-12-32(6)44(37(65-10)29-41(59)54-27-19-22-36(54)45(66-11)33(7)46(60)50-35(49(63)64)28-34-20-15-13-16-21-34)53(9)48(62)42(30(2)3)51-47(61)43(31(4)5)52(8)38(56)23-17-14-18-26-55-39(57)24-25-40(55)58/h13,15-16,20-21,24-25,30-33,35-37,42-45H,12,14,17-19,22-23,26-29H2,1-11H3,(H,50,60)(H,51,61)(H,63,64)/t32-,33?,35?,36-,37+,42?,43?,44-,45?/m0/s1. The number of unbranched alkanes of at least 4 members (excludes halogenated alkanes) is 2. The van der Waals surface area contributed by atoms with Crippen LogP contribution in [-0.4, -0.2) is 156 Å². The van der Waals surface area contributed by atoms with Gasteiger partial charge in [-0.15, -0.1) is 0 Å². The highest BCUT2D eigenvalue weighted by Crippen LogP contribution is 2.30. The minimum atomic E-state index is -1.16. The number of benzene rings is 1. The highest BCUT2D eigenvalue weighted by atomic mass is 16.5. The zero-order chi connectivity index (χ0) is 49.4. The second-order valence-corrected chi connectivity index (χ2v) is 18.6. The number of rotatable bonds is 27. The Labute approximate surface area is 391 Å². The third-order valence-corrected chi connectivity index (χ3v) is 13.3. The maximum absolute atomic E-state index is 14.6. The summed E-state index contributed by atoms with van der Waals surface area (Å²) in [5.74, 6) is -5.24.